The van der Waals surface area contributed by atoms with E-state index in [1.807, 2.05) is 28.8 Å². The van der Waals surface area contributed by atoms with Gasteiger partial charge in [0.2, 0.25) is 0 Å². The molecule has 1 aromatic heterocycles. The first kappa shape index (κ1) is 18.9. The van der Waals surface area contributed by atoms with Gasteiger partial charge in [0.05, 0.1) is 24.3 Å². The average Bonchev–Trinajstić information content (AvgIpc) is 3.54. The van der Waals surface area contributed by atoms with E-state index in [0.717, 1.165) is 46.9 Å². The Hall–Kier alpha value is -3.80. The van der Waals surface area contributed by atoms with Gasteiger partial charge in [-0.15, -0.1) is 0 Å². The highest BCUT2D eigenvalue weighted by Crippen LogP contribution is 2.47. The van der Waals surface area contributed by atoms with Crippen LogP contribution in [0.3, 0.4) is 0 Å². The molecule has 2 aromatic carbocycles. The van der Waals surface area contributed by atoms with E-state index in [1.54, 1.807) is 18.5 Å². The topological polar surface area (TPSA) is 59.4 Å². The molecule has 0 fully saturated rings. The number of imidazole rings is 1. The van der Waals surface area contributed by atoms with Gasteiger partial charge in [0.1, 0.15) is 5.75 Å². The molecular formula is C26H24N4O2. The molecule has 1 amide bonds. The van der Waals surface area contributed by atoms with E-state index in [2.05, 4.69) is 46.7 Å². The lowest BCUT2D eigenvalue weighted by molar-refractivity contribution is -0.123. The summed E-state index contributed by atoms with van der Waals surface area (Å²) < 4.78 is 7.58. The number of hydrogen-bond acceptors (Lipinski definition) is 4. The van der Waals surface area contributed by atoms with Gasteiger partial charge in [0.15, 0.2) is 0 Å². The standard InChI is InChI=1S/C26H24N4O2/c1-29-15-19(27-16-29)7-9-24(31)30-12-10-21-20-4-2-3-5-22(20)28-25(21)26(30)18-6-8-23-17(14-18)11-13-32-23/h2-9,14-16,21,28H,10-13H2,1H3/b9-7+. The van der Waals surface area contributed by atoms with Crippen molar-refractivity contribution in [1.29, 1.82) is 0 Å². The molecule has 0 saturated heterocycles. The summed E-state index contributed by atoms with van der Waals surface area (Å²) in [6, 6.07) is 14.7. The summed E-state index contributed by atoms with van der Waals surface area (Å²) >= 11 is 0. The molecule has 3 aliphatic rings. The highest BCUT2D eigenvalue weighted by Gasteiger charge is 2.37. The zero-order chi connectivity index (χ0) is 21.7. The van der Waals surface area contributed by atoms with E-state index in [9.17, 15) is 4.79 Å². The lowest BCUT2D eigenvalue weighted by atomic mass is 9.88. The van der Waals surface area contributed by atoms with Crippen molar-refractivity contribution in [3.05, 3.63) is 89.1 Å². The summed E-state index contributed by atoms with van der Waals surface area (Å²) in [5.74, 6) is 1.18. The molecule has 3 aliphatic heterocycles. The van der Waals surface area contributed by atoms with Crippen molar-refractivity contribution in [3.63, 3.8) is 0 Å². The van der Waals surface area contributed by atoms with Crippen LogP contribution in [0.4, 0.5) is 5.69 Å². The monoisotopic (exact) mass is 424 g/mol. The smallest absolute Gasteiger partial charge is 0.251 e. The molecule has 3 aromatic rings. The van der Waals surface area contributed by atoms with Gasteiger partial charge in [0.25, 0.3) is 5.91 Å². The Morgan fingerprint density at radius 2 is 2.16 bits per heavy atom. The number of carbonyl (C=O) groups excluding carboxylic acids is 1. The Balaban J connectivity index is 1.43. The van der Waals surface area contributed by atoms with Crippen LogP contribution in [0.15, 0.2) is 66.8 Å². The van der Waals surface area contributed by atoms with Gasteiger partial charge in [-0.2, -0.15) is 0 Å². The molecule has 0 aliphatic carbocycles. The van der Waals surface area contributed by atoms with E-state index in [4.69, 9.17) is 4.74 Å². The zero-order valence-electron chi connectivity index (χ0n) is 17.9. The van der Waals surface area contributed by atoms with Crippen LogP contribution in [0, 0.1) is 0 Å². The molecular weight excluding hydrogens is 400 g/mol. The average molecular weight is 425 g/mol. The first-order chi connectivity index (χ1) is 15.7. The number of amides is 1. The molecule has 0 spiro atoms. The number of nitrogens with zero attached hydrogens (tertiary/aromatic N) is 3. The predicted molar refractivity (Wildman–Crippen MR) is 124 cm³/mol. The molecule has 1 atom stereocenters. The van der Waals surface area contributed by atoms with Crippen molar-refractivity contribution < 1.29 is 9.53 Å². The lowest BCUT2D eigenvalue weighted by Gasteiger charge is -2.34. The number of hydrogen-bond donors (Lipinski definition) is 1. The first-order valence-corrected chi connectivity index (χ1v) is 11.0. The lowest BCUT2D eigenvalue weighted by Crippen LogP contribution is -2.35. The van der Waals surface area contributed by atoms with E-state index < -0.39 is 0 Å². The summed E-state index contributed by atoms with van der Waals surface area (Å²) in [5.41, 5.74) is 7.52. The molecule has 0 radical (unpaired) electrons. The Bertz CT molecular complexity index is 1290. The number of para-hydroxylation sites is 1. The normalized spacial score (nSPS) is 18.9. The minimum absolute atomic E-state index is 0.0360. The third kappa shape index (κ3) is 3.11. The summed E-state index contributed by atoms with van der Waals surface area (Å²) in [5, 5.41) is 3.63. The minimum Gasteiger partial charge on any atom is -0.493 e. The second kappa shape index (κ2) is 7.41. The fourth-order valence-corrected chi connectivity index (χ4v) is 4.97. The zero-order valence-corrected chi connectivity index (χ0v) is 17.9. The molecule has 0 saturated carbocycles. The molecule has 6 rings (SSSR count). The summed E-state index contributed by atoms with van der Waals surface area (Å²) in [7, 11) is 1.92. The van der Waals surface area contributed by atoms with Crippen LogP contribution in [0.25, 0.3) is 11.8 Å². The van der Waals surface area contributed by atoms with Crippen molar-refractivity contribution in [1.82, 2.24) is 14.5 Å². The highest BCUT2D eigenvalue weighted by atomic mass is 16.5. The molecule has 32 heavy (non-hydrogen) atoms. The van der Waals surface area contributed by atoms with Gasteiger partial charge in [-0.05, 0) is 47.9 Å². The van der Waals surface area contributed by atoms with Crippen LogP contribution in [-0.4, -0.2) is 33.5 Å². The van der Waals surface area contributed by atoms with Crippen LogP contribution < -0.4 is 10.1 Å². The molecule has 4 heterocycles. The summed E-state index contributed by atoms with van der Waals surface area (Å²) in [6.45, 7) is 1.38. The number of nitrogens with one attached hydrogen (secondary N) is 1. The van der Waals surface area contributed by atoms with Crippen LogP contribution in [0.2, 0.25) is 0 Å². The quantitative estimate of drug-likeness (QED) is 0.641. The number of ether oxygens (including phenoxy) is 1. The minimum atomic E-state index is -0.0360. The Morgan fingerprint density at radius 3 is 3.03 bits per heavy atom. The highest BCUT2D eigenvalue weighted by molar-refractivity contribution is 5.99. The third-order valence-electron chi connectivity index (χ3n) is 6.47. The van der Waals surface area contributed by atoms with Crippen LogP contribution >= 0.6 is 0 Å². The molecule has 1 unspecified atom stereocenters. The number of carbonyl (C=O) groups is 1. The van der Waals surface area contributed by atoms with Gasteiger partial charge >= 0.3 is 0 Å². The maximum atomic E-state index is 13.4. The summed E-state index contributed by atoms with van der Waals surface area (Å²) in [4.78, 5) is 19.6. The van der Waals surface area contributed by atoms with Gasteiger partial charge in [-0.25, -0.2) is 4.98 Å². The van der Waals surface area contributed by atoms with E-state index in [1.165, 1.54) is 11.1 Å². The van der Waals surface area contributed by atoms with Crippen LogP contribution in [0.1, 0.15) is 34.7 Å². The first-order valence-electron chi connectivity index (χ1n) is 11.0. The van der Waals surface area contributed by atoms with Crippen molar-refractivity contribution >= 4 is 23.4 Å². The molecule has 6 nitrogen and oxygen atoms in total. The van der Waals surface area contributed by atoms with Crippen molar-refractivity contribution in [2.75, 3.05) is 18.5 Å². The fraction of sp³-hybridized carbons (Fsp3) is 0.231. The van der Waals surface area contributed by atoms with Crippen molar-refractivity contribution in [2.24, 2.45) is 7.05 Å². The van der Waals surface area contributed by atoms with E-state index in [-0.39, 0.29) is 11.8 Å². The van der Waals surface area contributed by atoms with Crippen LogP contribution in [-0.2, 0) is 18.3 Å². The predicted octanol–water partition coefficient (Wildman–Crippen LogP) is 4.18. The van der Waals surface area contributed by atoms with E-state index >= 15 is 0 Å². The largest absolute Gasteiger partial charge is 0.493 e. The Kier molecular flexibility index (Phi) is 4.38. The fourth-order valence-electron chi connectivity index (χ4n) is 4.97. The number of allylic oxidation sites excluding steroid dienone is 1. The Morgan fingerprint density at radius 1 is 1.25 bits per heavy atom. The number of fused-ring (bicyclic) bond motifs is 4. The van der Waals surface area contributed by atoms with Gasteiger partial charge in [-0.1, -0.05) is 18.2 Å². The number of rotatable bonds is 3. The molecule has 6 heteroatoms. The van der Waals surface area contributed by atoms with Gasteiger partial charge in [-0.3, -0.25) is 4.79 Å². The Labute approximate surface area is 186 Å². The van der Waals surface area contributed by atoms with Crippen molar-refractivity contribution in [2.45, 2.75) is 18.8 Å². The van der Waals surface area contributed by atoms with Gasteiger partial charge in [0, 0.05) is 55.2 Å². The SMILES string of the molecule is Cn1cnc(/C=C/C(=O)N2CCC3C(=C2c2ccc4c(c2)CCO4)Nc2ccccc23)c1. The second-order valence-corrected chi connectivity index (χ2v) is 8.52. The number of aryl methyl sites for hydroxylation is 1. The molecule has 1 N–H and O–H groups in total. The van der Waals surface area contributed by atoms with Gasteiger partial charge < -0.3 is 19.5 Å². The van der Waals surface area contributed by atoms with Crippen molar-refractivity contribution in [3.8, 4) is 5.75 Å². The maximum absolute atomic E-state index is 13.4. The molecule has 160 valence electrons. The second-order valence-electron chi connectivity index (χ2n) is 8.52. The third-order valence-corrected chi connectivity index (χ3v) is 6.47. The summed E-state index contributed by atoms with van der Waals surface area (Å²) in [6.07, 6.45) is 8.82. The number of aromatic nitrogens is 2. The van der Waals surface area contributed by atoms with E-state index in [0.29, 0.717) is 13.2 Å². The number of benzene rings is 2. The number of anilines is 1. The van der Waals surface area contributed by atoms with Crippen LogP contribution in [0.5, 0.6) is 5.75 Å². The molecule has 0 bridgehead atoms. The maximum Gasteiger partial charge on any atom is 0.251 e.